The van der Waals surface area contributed by atoms with Gasteiger partial charge in [0, 0.05) is 6.42 Å². The van der Waals surface area contributed by atoms with Gasteiger partial charge in [-0.15, -0.1) is 5.92 Å². The Morgan fingerprint density at radius 2 is 2.00 bits per heavy atom. The van der Waals surface area contributed by atoms with E-state index in [-0.39, 0.29) is 6.42 Å². The third-order valence-electron chi connectivity index (χ3n) is 2.96. The van der Waals surface area contributed by atoms with Crippen molar-refractivity contribution in [3.8, 4) is 17.6 Å². The topological polar surface area (TPSA) is 90.9 Å². The molecular weight excluding hydrogens is 314 g/mol. The first-order valence-electron chi connectivity index (χ1n) is 7.15. The van der Waals surface area contributed by atoms with Gasteiger partial charge in [-0.05, 0) is 24.6 Å². The number of ether oxygens (including phenoxy) is 3. The highest BCUT2D eigenvalue weighted by Gasteiger charge is 2.21. The van der Waals surface area contributed by atoms with Crippen LogP contribution in [-0.2, 0) is 30.3 Å². The van der Waals surface area contributed by atoms with Crippen molar-refractivity contribution >= 4 is 18.3 Å². The van der Waals surface area contributed by atoms with Gasteiger partial charge in [0.05, 0.1) is 7.11 Å². The average molecular weight is 333 g/mol. The molecule has 1 rings (SSSR count). The molecule has 7 heteroatoms. The Hall–Kier alpha value is -3.01. The van der Waals surface area contributed by atoms with Crippen LogP contribution < -0.4 is 10.1 Å². The number of esters is 2. The molecule has 1 atom stereocenters. The van der Waals surface area contributed by atoms with Gasteiger partial charge >= 0.3 is 11.9 Å². The summed E-state index contributed by atoms with van der Waals surface area (Å²) in [7, 11) is 1.19. The van der Waals surface area contributed by atoms with Crippen LogP contribution in [0.15, 0.2) is 24.3 Å². The summed E-state index contributed by atoms with van der Waals surface area (Å²) < 4.78 is 14.6. The molecule has 1 N–H and O–H groups in total. The van der Waals surface area contributed by atoms with E-state index < -0.39 is 24.6 Å². The molecule has 0 spiro atoms. The second kappa shape index (κ2) is 10.7. The molecule has 1 aromatic carbocycles. The van der Waals surface area contributed by atoms with Gasteiger partial charge in [0.25, 0.3) is 0 Å². The van der Waals surface area contributed by atoms with Gasteiger partial charge in [0.2, 0.25) is 6.41 Å². The van der Waals surface area contributed by atoms with Crippen molar-refractivity contribution in [1.82, 2.24) is 5.32 Å². The number of rotatable bonds is 9. The van der Waals surface area contributed by atoms with Gasteiger partial charge in [0.1, 0.15) is 18.4 Å². The van der Waals surface area contributed by atoms with Crippen molar-refractivity contribution < 1.29 is 28.6 Å². The highest BCUT2D eigenvalue weighted by Crippen LogP contribution is 2.13. The first kappa shape index (κ1) is 19.0. The van der Waals surface area contributed by atoms with Crippen LogP contribution in [0.25, 0.3) is 0 Å². The maximum Gasteiger partial charge on any atom is 0.344 e. The van der Waals surface area contributed by atoms with Crippen molar-refractivity contribution in [1.29, 1.82) is 0 Å². The van der Waals surface area contributed by atoms with Crippen LogP contribution in [-0.4, -0.2) is 44.7 Å². The molecule has 24 heavy (non-hydrogen) atoms. The Labute approximate surface area is 140 Å². The van der Waals surface area contributed by atoms with Crippen LogP contribution in [0.2, 0.25) is 0 Å². The summed E-state index contributed by atoms with van der Waals surface area (Å²) in [5, 5.41) is 2.37. The molecule has 0 bridgehead atoms. The molecule has 0 heterocycles. The molecule has 0 aliphatic carbocycles. The van der Waals surface area contributed by atoms with Crippen molar-refractivity contribution in [3.63, 3.8) is 0 Å². The predicted molar refractivity (Wildman–Crippen MR) is 85.1 cm³/mol. The summed E-state index contributed by atoms with van der Waals surface area (Å²) in [6, 6.07) is 6.11. The minimum atomic E-state index is -0.898. The molecule has 1 aromatic rings. The maximum atomic E-state index is 11.9. The standard InChI is InChI=1S/C17H19NO6/c1-3-4-9-23-14-7-5-13(6-8-14)10-15(18-12-19)17(21)24-11-16(20)22-2/h5-8,12,15H,9-11H2,1-2H3,(H,18,19)/t15-/m0/s1. The van der Waals surface area contributed by atoms with E-state index in [2.05, 4.69) is 21.9 Å². The second-order valence-electron chi connectivity index (χ2n) is 4.58. The molecule has 0 aliphatic heterocycles. The summed E-state index contributed by atoms with van der Waals surface area (Å²) >= 11 is 0. The predicted octanol–water partition coefficient (Wildman–Crippen LogP) is 0.462. The number of carbonyl (C=O) groups excluding carboxylic acids is 3. The quantitative estimate of drug-likeness (QED) is 0.401. The SMILES string of the molecule is CC#CCOc1ccc(C[C@H](NC=O)C(=O)OCC(=O)OC)cc1. The van der Waals surface area contributed by atoms with Crippen molar-refractivity contribution in [2.45, 2.75) is 19.4 Å². The zero-order valence-corrected chi connectivity index (χ0v) is 13.5. The van der Waals surface area contributed by atoms with Gasteiger partial charge in [-0.3, -0.25) is 4.79 Å². The zero-order chi connectivity index (χ0) is 17.8. The lowest BCUT2D eigenvalue weighted by Gasteiger charge is -2.15. The number of amides is 1. The van der Waals surface area contributed by atoms with Gasteiger partial charge in [-0.2, -0.15) is 0 Å². The van der Waals surface area contributed by atoms with E-state index in [1.807, 2.05) is 0 Å². The highest BCUT2D eigenvalue weighted by molar-refractivity contribution is 5.81. The Kier molecular flexibility index (Phi) is 8.47. The number of benzene rings is 1. The Bertz CT molecular complexity index is 614. The lowest BCUT2D eigenvalue weighted by Crippen LogP contribution is -2.39. The highest BCUT2D eigenvalue weighted by atomic mass is 16.6. The number of carbonyl (C=O) groups is 3. The Morgan fingerprint density at radius 1 is 1.29 bits per heavy atom. The summed E-state index contributed by atoms with van der Waals surface area (Å²) in [6.45, 7) is 1.52. The number of nitrogens with one attached hydrogen (secondary N) is 1. The van der Waals surface area contributed by atoms with E-state index >= 15 is 0 Å². The molecular formula is C17H19NO6. The number of methoxy groups -OCH3 is 1. The van der Waals surface area contributed by atoms with Crippen LogP contribution in [0.3, 0.4) is 0 Å². The molecule has 0 radical (unpaired) electrons. The minimum Gasteiger partial charge on any atom is -0.481 e. The second-order valence-corrected chi connectivity index (χ2v) is 4.58. The lowest BCUT2D eigenvalue weighted by molar-refractivity contribution is -0.158. The van der Waals surface area contributed by atoms with Crippen LogP contribution in [0, 0.1) is 11.8 Å². The largest absolute Gasteiger partial charge is 0.481 e. The number of hydrogen-bond donors (Lipinski definition) is 1. The van der Waals surface area contributed by atoms with Crippen LogP contribution >= 0.6 is 0 Å². The zero-order valence-electron chi connectivity index (χ0n) is 13.5. The first-order chi connectivity index (χ1) is 11.6. The van der Waals surface area contributed by atoms with E-state index in [9.17, 15) is 14.4 Å². The van der Waals surface area contributed by atoms with E-state index in [0.29, 0.717) is 18.8 Å². The molecule has 0 aliphatic rings. The fraction of sp³-hybridized carbons (Fsp3) is 0.353. The molecule has 7 nitrogen and oxygen atoms in total. The normalized spacial score (nSPS) is 10.6. The summed E-state index contributed by atoms with van der Waals surface area (Å²) in [5.74, 6) is 4.76. The monoisotopic (exact) mass is 333 g/mol. The molecule has 0 fully saturated rings. The molecule has 0 unspecified atom stereocenters. The molecule has 0 saturated carbocycles. The van der Waals surface area contributed by atoms with E-state index in [1.54, 1.807) is 31.2 Å². The van der Waals surface area contributed by atoms with Gasteiger partial charge < -0.3 is 19.5 Å². The number of hydrogen-bond acceptors (Lipinski definition) is 6. The molecule has 0 saturated heterocycles. The van der Waals surface area contributed by atoms with Gasteiger partial charge in [-0.25, -0.2) is 9.59 Å². The van der Waals surface area contributed by atoms with Gasteiger partial charge in [-0.1, -0.05) is 18.1 Å². The summed E-state index contributed by atoms with van der Waals surface area (Å²) in [6.07, 6.45) is 0.624. The van der Waals surface area contributed by atoms with Crippen molar-refractivity contribution in [2.75, 3.05) is 20.3 Å². The Balaban J connectivity index is 2.63. The van der Waals surface area contributed by atoms with E-state index in [0.717, 1.165) is 5.56 Å². The van der Waals surface area contributed by atoms with Gasteiger partial charge in [0.15, 0.2) is 6.61 Å². The molecule has 128 valence electrons. The molecule has 1 amide bonds. The average Bonchev–Trinajstić information content (AvgIpc) is 2.60. The fourth-order valence-electron chi connectivity index (χ4n) is 1.73. The smallest absolute Gasteiger partial charge is 0.344 e. The third kappa shape index (κ3) is 6.83. The lowest BCUT2D eigenvalue weighted by atomic mass is 10.1. The third-order valence-corrected chi connectivity index (χ3v) is 2.96. The van der Waals surface area contributed by atoms with Crippen molar-refractivity contribution in [3.05, 3.63) is 29.8 Å². The van der Waals surface area contributed by atoms with E-state index in [4.69, 9.17) is 9.47 Å². The summed E-state index contributed by atoms with van der Waals surface area (Å²) in [4.78, 5) is 33.6. The van der Waals surface area contributed by atoms with Crippen molar-refractivity contribution in [2.24, 2.45) is 0 Å². The van der Waals surface area contributed by atoms with Crippen LogP contribution in [0.1, 0.15) is 12.5 Å². The molecule has 0 aromatic heterocycles. The van der Waals surface area contributed by atoms with Crippen LogP contribution in [0.5, 0.6) is 5.75 Å². The van der Waals surface area contributed by atoms with E-state index in [1.165, 1.54) is 7.11 Å². The summed E-state index contributed by atoms with van der Waals surface area (Å²) in [5.41, 5.74) is 0.790. The first-order valence-corrected chi connectivity index (χ1v) is 7.15. The Morgan fingerprint density at radius 3 is 2.58 bits per heavy atom. The van der Waals surface area contributed by atoms with Crippen LogP contribution in [0.4, 0.5) is 0 Å². The maximum absolute atomic E-state index is 11.9. The minimum absolute atomic E-state index is 0.216. The fourth-order valence-corrected chi connectivity index (χ4v) is 1.73.